The second-order valence-electron chi connectivity index (χ2n) is 7.39. The zero-order valence-electron chi connectivity index (χ0n) is 13.7. The minimum atomic E-state index is -0.180. The number of aromatic nitrogens is 1. The number of carbonyl (C=O) groups is 2. The molecule has 7 heteroatoms. The Hall–Kier alpha value is -1.89. The Kier molecular flexibility index (Phi) is 4.04. The van der Waals surface area contributed by atoms with Crippen LogP contribution < -0.4 is 11.1 Å². The molecule has 3 aliphatic rings. The quantitative estimate of drug-likeness (QED) is 0.857. The van der Waals surface area contributed by atoms with Gasteiger partial charge in [0.2, 0.25) is 5.91 Å². The maximum Gasteiger partial charge on any atom is 0.273 e. The molecule has 130 valence electrons. The number of hydrogen-bond acceptors (Lipinski definition) is 5. The van der Waals surface area contributed by atoms with E-state index in [-0.39, 0.29) is 29.8 Å². The number of carbonyl (C=O) groups excluding carboxylic acids is 2. The van der Waals surface area contributed by atoms with Crippen molar-refractivity contribution in [1.29, 1.82) is 0 Å². The lowest BCUT2D eigenvalue weighted by molar-refractivity contribution is -0.139. The molecule has 1 aliphatic heterocycles. The number of rotatable bonds is 4. The number of hydrogen-bond donors (Lipinski definition) is 2. The van der Waals surface area contributed by atoms with Gasteiger partial charge >= 0.3 is 0 Å². The van der Waals surface area contributed by atoms with Crippen molar-refractivity contribution in [2.24, 2.45) is 11.7 Å². The lowest BCUT2D eigenvalue weighted by atomic mass is 9.79. The molecule has 0 aromatic carbocycles. The predicted molar refractivity (Wildman–Crippen MR) is 86.2 cm³/mol. The van der Waals surface area contributed by atoms with Crippen molar-refractivity contribution in [3.63, 3.8) is 0 Å². The fourth-order valence-corrected chi connectivity index (χ4v) is 3.58. The summed E-state index contributed by atoms with van der Waals surface area (Å²) in [6.07, 6.45) is 5.42. The van der Waals surface area contributed by atoms with Crippen molar-refractivity contribution >= 4 is 11.8 Å². The van der Waals surface area contributed by atoms with E-state index in [0.717, 1.165) is 44.3 Å². The van der Waals surface area contributed by atoms with E-state index >= 15 is 0 Å². The number of amides is 2. The van der Waals surface area contributed by atoms with Crippen molar-refractivity contribution in [3.8, 4) is 0 Å². The lowest BCUT2D eigenvalue weighted by Crippen LogP contribution is -2.51. The first-order valence-electron chi connectivity index (χ1n) is 8.92. The van der Waals surface area contributed by atoms with Gasteiger partial charge in [0, 0.05) is 43.1 Å². The van der Waals surface area contributed by atoms with E-state index in [1.54, 1.807) is 6.07 Å². The van der Waals surface area contributed by atoms with Gasteiger partial charge in [0.25, 0.3) is 5.91 Å². The average Bonchev–Trinajstić information content (AvgIpc) is 3.29. The van der Waals surface area contributed by atoms with Crippen molar-refractivity contribution in [3.05, 3.63) is 17.5 Å². The molecule has 24 heavy (non-hydrogen) atoms. The van der Waals surface area contributed by atoms with Crippen LogP contribution in [0.3, 0.4) is 0 Å². The van der Waals surface area contributed by atoms with Gasteiger partial charge in [0.05, 0.1) is 0 Å². The Balaban J connectivity index is 1.25. The van der Waals surface area contributed by atoms with Gasteiger partial charge in [0.15, 0.2) is 5.69 Å². The Bertz CT molecular complexity index is 626. The van der Waals surface area contributed by atoms with E-state index in [4.69, 9.17) is 10.3 Å². The van der Waals surface area contributed by atoms with Crippen LogP contribution >= 0.6 is 0 Å². The minimum absolute atomic E-state index is 0.0891. The summed E-state index contributed by atoms with van der Waals surface area (Å²) in [6, 6.07) is 2.04. The number of piperidine rings is 1. The van der Waals surface area contributed by atoms with Gasteiger partial charge in [-0.15, -0.1) is 0 Å². The molecule has 3 N–H and O–H groups in total. The van der Waals surface area contributed by atoms with Crippen LogP contribution in [0.2, 0.25) is 0 Å². The highest BCUT2D eigenvalue weighted by Gasteiger charge is 2.36. The number of likely N-dealkylation sites (tertiary alicyclic amines) is 1. The maximum absolute atomic E-state index is 12.3. The Morgan fingerprint density at radius 1 is 1.21 bits per heavy atom. The van der Waals surface area contributed by atoms with Crippen molar-refractivity contribution in [2.75, 3.05) is 13.1 Å². The summed E-state index contributed by atoms with van der Waals surface area (Å²) in [4.78, 5) is 26.5. The van der Waals surface area contributed by atoms with Crippen LogP contribution in [0.4, 0.5) is 0 Å². The molecule has 2 heterocycles. The van der Waals surface area contributed by atoms with Gasteiger partial charge in [-0.25, -0.2) is 0 Å². The Morgan fingerprint density at radius 3 is 2.54 bits per heavy atom. The van der Waals surface area contributed by atoms with Crippen LogP contribution in [-0.4, -0.2) is 47.0 Å². The highest BCUT2D eigenvalue weighted by atomic mass is 16.5. The van der Waals surface area contributed by atoms with E-state index in [1.165, 1.54) is 0 Å². The molecule has 2 aliphatic carbocycles. The molecule has 0 radical (unpaired) electrons. The van der Waals surface area contributed by atoms with E-state index in [2.05, 4.69) is 10.5 Å². The van der Waals surface area contributed by atoms with Crippen molar-refractivity contribution < 1.29 is 14.1 Å². The van der Waals surface area contributed by atoms with E-state index in [1.807, 2.05) is 4.90 Å². The van der Waals surface area contributed by atoms with Crippen LogP contribution in [0.5, 0.6) is 0 Å². The summed E-state index contributed by atoms with van der Waals surface area (Å²) < 4.78 is 5.23. The monoisotopic (exact) mass is 332 g/mol. The van der Waals surface area contributed by atoms with Crippen LogP contribution in [0, 0.1) is 5.92 Å². The van der Waals surface area contributed by atoms with Crippen LogP contribution in [0.1, 0.15) is 60.7 Å². The molecule has 4 rings (SSSR count). The van der Waals surface area contributed by atoms with Gasteiger partial charge in [-0.05, 0) is 38.5 Å². The van der Waals surface area contributed by atoms with Gasteiger partial charge in [0.1, 0.15) is 5.76 Å². The normalized spacial score (nSPS) is 27.6. The molecule has 1 saturated heterocycles. The average molecular weight is 332 g/mol. The summed E-state index contributed by atoms with van der Waals surface area (Å²) >= 11 is 0. The first kappa shape index (κ1) is 15.6. The molecular weight excluding hydrogens is 308 g/mol. The fourth-order valence-electron chi connectivity index (χ4n) is 3.58. The van der Waals surface area contributed by atoms with Crippen molar-refractivity contribution in [1.82, 2.24) is 15.4 Å². The third kappa shape index (κ3) is 3.17. The molecular formula is C17H24N4O3. The largest absolute Gasteiger partial charge is 0.360 e. The molecule has 0 bridgehead atoms. The number of nitrogens with two attached hydrogens (primary N) is 1. The Labute approximate surface area is 140 Å². The van der Waals surface area contributed by atoms with Crippen LogP contribution in [0.15, 0.2) is 10.6 Å². The number of nitrogens with one attached hydrogen (secondary N) is 1. The topological polar surface area (TPSA) is 101 Å². The first-order valence-corrected chi connectivity index (χ1v) is 8.92. The summed E-state index contributed by atoms with van der Waals surface area (Å²) in [5.74, 6) is 1.43. The van der Waals surface area contributed by atoms with Crippen LogP contribution in [0.25, 0.3) is 0 Å². The minimum Gasteiger partial charge on any atom is -0.360 e. The predicted octanol–water partition coefficient (Wildman–Crippen LogP) is 1.01. The molecule has 1 aromatic rings. The second kappa shape index (κ2) is 6.20. The maximum atomic E-state index is 12.3. The van der Waals surface area contributed by atoms with E-state index in [0.29, 0.717) is 24.7 Å². The first-order chi connectivity index (χ1) is 11.6. The molecule has 2 saturated carbocycles. The van der Waals surface area contributed by atoms with Crippen LogP contribution in [-0.2, 0) is 4.79 Å². The molecule has 2 amide bonds. The number of nitrogens with zero attached hydrogens (tertiary/aromatic N) is 2. The fraction of sp³-hybridized carbons (Fsp3) is 0.706. The molecule has 0 spiro atoms. The van der Waals surface area contributed by atoms with Gasteiger partial charge < -0.3 is 20.5 Å². The highest BCUT2D eigenvalue weighted by Crippen LogP contribution is 2.40. The smallest absolute Gasteiger partial charge is 0.273 e. The van der Waals surface area contributed by atoms with Crippen molar-refractivity contribution in [2.45, 2.75) is 56.5 Å². The van der Waals surface area contributed by atoms with E-state index < -0.39 is 0 Å². The standard InChI is InChI=1S/C17H24N4O3/c18-12-7-11(8-12)17(23)21-5-3-13(4-6-21)19-16(22)14-9-15(24-20-14)10-1-2-10/h9-13H,1-8,18H2,(H,19,22)/t11-,12+. The van der Waals surface area contributed by atoms with E-state index in [9.17, 15) is 9.59 Å². The Morgan fingerprint density at radius 2 is 1.92 bits per heavy atom. The summed E-state index contributed by atoms with van der Waals surface area (Å²) in [7, 11) is 0. The van der Waals surface area contributed by atoms with Gasteiger partial charge in [-0.1, -0.05) is 5.16 Å². The third-order valence-corrected chi connectivity index (χ3v) is 5.41. The SMILES string of the molecule is N[C@H]1C[C@@H](C(=O)N2CCC(NC(=O)c3cc(C4CC4)on3)CC2)C1. The summed E-state index contributed by atoms with van der Waals surface area (Å²) in [5.41, 5.74) is 6.12. The zero-order chi connectivity index (χ0) is 16.7. The molecule has 1 aromatic heterocycles. The second-order valence-corrected chi connectivity index (χ2v) is 7.39. The van der Waals surface area contributed by atoms with Gasteiger partial charge in [-0.3, -0.25) is 9.59 Å². The van der Waals surface area contributed by atoms with Gasteiger partial charge in [-0.2, -0.15) is 0 Å². The molecule has 3 fully saturated rings. The molecule has 0 unspecified atom stereocenters. The third-order valence-electron chi connectivity index (χ3n) is 5.41. The summed E-state index contributed by atoms with van der Waals surface area (Å²) in [5, 5.41) is 6.88. The summed E-state index contributed by atoms with van der Waals surface area (Å²) in [6.45, 7) is 1.39. The highest BCUT2D eigenvalue weighted by molar-refractivity contribution is 5.92. The molecule has 7 nitrogen and oxygen atoms in total. The lowest BCUT2D eigenvalue weighted by Gasteiger charge is -2.38. The molecule has 0 atom stereocenters. The zero-order valence-corrected chi connectivity index (χ0v) is 13.7.